The third-order valence-electron chi connectivity index (χ3n) is 2.52. The number of hydrogen-bond donors (Lipinski definition) is 0. The van der Waals surface area contributed by atoms with Crippen molar-refractivity contribution >= 4 is 0 Å². The summed E-state index contributed by atoms with van der Waals surface area (Å²) in [7, 11) is 0. The first-order chi connectivity index (χ1) is 7.88. The van der Waals surface area contributed by atoms with Crippen LogP contribution in [0.25, 0.3) is 0 Å². The lowest BCUT2D eigenvalue weighted by Gasteiger charge is -2.13. The number of halogens is 2. The summed E-state index contributed by atoms with van der Waals surface area (Å²) in [5, 5.41) is 0. The van der Waals surface area contributed by atoms with Gasteiger partial charge in [0.05, 0.1) is 0 Å². The first-order valence-corrected chi connectivity index (χ1v) is 5.97. The Hall–Kier alpha value is -1.12. The molecule has 0 fully saturated rings. The van der Waals surface area contributed by atoms with E-state index in [0.717, 1.165) is 17.5 Å². The molecule has 96 valence electrons. The zero-order chi connectivity index (χ0) is 13.0. The number of ether oxygens (including phenoxy) is 1. The van der Waals surface area contributed by atoms with Gasteiger partial charge in [0.1, 0.15) is 5.75 Å². The van der Waals surface area contributed by atoms with Crippen LogP contribution in [0, 0.1) is 5.92 Å². The highest BCUT2D eigenvalue weighted by atomic mass is 19.3. The minimum Gasteiger partial charge on any atom is -0.435 e. The average Bonchev–Trinajstić information content (AvgIpc) is 2.14. The Kier molecular flexibility index (Phi) is 4.91. The summed E-state index contributed by atoms with van der Waals surface area (Å²) in [6.45, 7) is 5.54. The van der Waals surface area contributed by atoms with Gasteiger partial charge in [0.2, 0.25) is 0 Å². The highest BCUT2D eigenvalue weighted by Crippen LogP contribution is 2.25. The van der Waals surface area contributed by atoms with E-state index in [0.29, 0.717) is 11.8 Å². The fourth-order valence-corrected chi connectivity index (χ4v) is 1.78. The monoisotopic (exact) mass is 242 g/mol. The predicted octanol–water partition coefficient (Wildman–Crippen LogP) is 4.61. The van der Waals surface area contributed by atoms with Crippen molar-refractivity contribution in [3.8, 4) is 5.75 Å². The van der Waals surface area contributed by atoms with E-state index in [1.807, 2.05) is 13.8 Å². The third kappa shape index (κ3) is 4.72. The molecule has 1 rings (SSSR count). The molecular formula is C14H20F2O. The van der Waals surface area contributed by atoms with Crippen molar-refractivity contribution < 1.29 is 13.5 Å². The van der Waals surface area contributed by atoms with Crippen LogP contribution < -0.4 is 4.74 Å². The fraction of sp³-hybridized carbons (Fsp3) is 0.571. The predicted molar refractivity (Wildman–Crippen MR) is 65.7 cm³/mol. The van der Waals surface area contributed by atoms with Crippen molar-refractivity contribution in [2.45, 2.75) is 46.6 Å². The summed E-state index contributed by atoms with van der Waals surface area (Å²) >= 11 is 0. The Balaban J connectivity index is 3.00. The van der Waals surface area contributed by atoms with Crippen LogP contribution in [0.3, 0.4) is 0 Å². The van der Waals surface area contributed by atoms with Crippen molar-refractivity contribution in [2.75, 3.05) is 0 Å². The van der Waals surface area contributed by atoms with Crippen LogP contribution in [0.15, 0.2) is 18.2 Å². The SMILES string of the molecule is CC(C)Cc1cc(OC(F)F)cc(C(C)C)c1. The largest absolute Gasteiger partial charge is 0.435 e. The van der Waals surface area contributed by atoms with Crippen LogP contribution in [-0.2, 0) is 6.42 Å². The lowest BCUT2D eigenvalue weighted by molar-refractivity contribution is -0.0499. The molecule has 0 radical (unpaired) electrons. The minimum absolute atomic E-state index is 0.266. The van der Waals surface area contributed by atoms with Gasteiger partial charge in [-0.15, -0.1) is 0 Å². The fourth-order valence-electron chi connectivity index (χ4n) is 1.78. The van der Waals surface area contributed by atoms with Crippen molar-refractivity contribution in [2.24, 2.45) is 5.92 Å². The molecule has 0 bridgehead atoms. The Bertz CT molecular complexity index is 331. The highest BCUT2D eigenvalue weighted by molar-refractivity contribution is 5.36. The molecular weight excluding hydrogens is 222 g/mol. The molecule has 0 aromatic heterocycles. The second-order valence-corrected chi connectivity index (χ2v) is 5.04. The number of alkyl halides is 2. The molecule has 0 spiro atoms. The van der Waals surface area contributed by atoms with Crippen LogP contribution in [0.2, 0.25) is 0 Å². The minimum atomic E-state index is -2.76. The van der Waals surface area contributed by atoms with E-state index in [1.54, 1.807) is 12.1 Å². The number of hydrogen-bond acceptors (Lipinski definition) is 1. The molecule has 0 N–H and O–H groups in total. The summed E-state index contributed by atoms with van der Waals surface area (Å²) < 4.78 is 28.9. The van der Waals surface area contributed by atoms with Gasteiger partial charge in [-0.2, -0.15) is 8.78 Å². The van der Waals surface area contributed by atoms with E-state index in [9.17, 15) is 8.78 Å². The van der Waals surface area contributed by atoms with Gasteiger partial charge in [-0.05, 0) is 41.5 Å². The smallest absolute Gasteiger partial charge is 0.387 e. The zero-order valence-corrected chi connectivity index (χ0v) is 10.8. The van der Waals surface area contributed by atoms with E-state index < -0.39 is 6.61 Å². The topological polar surface area (TPSA) is 9.23 Å². The van der Waals surface area contributed by atoms with Gasteiger partial charge in [-0.1, -0.05) is 33.8 Å². The molecule has 1 nitrogen and oxygen atoms in total. The van der Waals surface area contributed by atoms with Gasteiger partial charge >= 0.3 is 6.61 Å². The second-order valence-electron chi connectivity index (χ2n) is 5.04. The van der Waals surface area contributed by atoms with Crippen molar-refractivity contribution in [1.29, 1.82) is 0 Å². The van der Waals surface area contributed by atoms with Crippen LogP contribution in [0.4, 0.5) is 8.78 Å². The maximum Gasteiger partial charge on any atom is 0.387 e. The van der Waals surface area contributed by atoms with Gasteiger partial charge in [0.15, 0.2) is 0 Å². The van der Waals surface area contributed by atoms with Crippen molar-refractivity contribution in [1.82, 2.24) is 0 Å². The number of benzene rings is 1. The molecule has 0 heterocycles. The molecule has 0 aliphatic rings. The summed E-state index contributed by atoms with van der Waals surface area (Å²) in [6.07, 6.45) is 0.875. The normalized spacial score (nSPS) is 11.6. The first-order valence-electron chi connectivity index (χ1n) is 5.97. The zero-order valence-electron chi connectivity index (χ0n) is 10.8. The van der Waals surface area contributed by atoms with E-state index in [-0.39, 0.29) is 5.75 Å². The van der Waals surface area contributed by atoms with Crippen molar-refractivity contribution in [3.05, 3.63) is 29.3 Å². The van der Waals surface area contributed by atoms with Crippen LogP contribution in [0.1, 0.15) is 44.7 Å². The Morgan fingerprint density at radius 3 is 2.18 bits per heavy atom. The van der Waals surface area contributed by atoms with Gasteiger partial charge in [0.25, 0.3) is 0 Å². The van der Waals surface area contributed by atoms with Crippen LogP contribution in [-0.4, -0.2) is 6.61 Å². The van der Waals surface area contributed by atoms with Gasteiger partial charge in [-0.25, -0.2) is 0 Å². The van der Waals surface area contributed by atoms with E-state index in [4.69, 9.17) is 0 Å². The molecule has 1 aromatic carbocycles. The maximum atomic E-state index is 12.2. The molecule has 1 aromatic rings. The quantitative estimate of drug-likeness (QED) is 0.732. The molecule has 0 atom stereocenters. The van der Waals surface area contributed by atoms with Crippen LogP contribution >= 0.6 is 0 Å². The summed E-state index contributed by atoms with van der Waals surface area (Å²) in [4.78, 5) is 0. The second kappa shape index (κ2) is 5.99. The standard InChI is InChI=1S/C14H20F2O/c1-9(2)5-11-6-12(10(3)4)8-13(7-11)17-14(15)16/h6-10,14H,5H2,1-4H3. The van der Waals surface area contributed by atoms with Crippen molar-refractivity contribution in [3.63, 3.8) is 0 Å². The third-order valence-corrected chi connectivity index (χ3v) is 2.52. The molecule has 0 aliphatic heterocycles. The summed E-state index contributed by atoms with van der Waals surface area (Å²) in [5.41, 5.74) is 2.10. The lowest BCUT2D eigenvalue weighted by atomic mass is 9.96. The molecule has 17 heavy (non-hydrogen) atoms. The van der Waals surface area contributed by atoms with Crippen LogP contribution in [0.5, 0.6) is 5.75 Å². The van der Waals surface area contributed by atoms with Gasteiger partial charge in [0, 0.05) is 0 Å². The Morgan fingerprint density at radius 1 is 1.06 bits per heavy atom. The summed E-state index contributed by atoms with van der Waals surface area (Å²) in [6, 6.07) is 5.47. The first kappa shape index (κ1) is 13.9. The Labute approximate surface area is 102 Å². The van der Waals surface area contributed by atoms with Gasteiger partial charge in [-0.3, -0.25) is 0 Å². The highest BCUT2D eigenvalue weighted by Gasteiger charge is 2.10. The summed E-state index contributed by atoms with van der Waals surface area (Å²) in [5.74, 6) is 1.07. The molecule has 0 amide bonds. The molecule has 0 saturated heterocycles. The molecule has 0 saturated carbocycles. The van der Waals surface area contributed by atoms with Gasteiger partial charge < -0.3 is 4.74 Å². The Morgan fingerprint density at radius 2 is 1.71 bits per heavy atom. The molecule has 0 unspecified atom stereocenters. The van der Waals surface area contributed by atoms with E-state index in [2.05, 4.69) is 24.7 Å². The van der Waals surface area contributed by atoms with E-state index >= 15 is 0 Å². The van der Waals surface area contributed by atoms with E-state index in [1.165, 1.54) is 0 Å². The average molecular weight is 242 g/mol. The molecule has 0 aliphatic carbocycles. The number of rotatable bonds is 5. The maximum absolute atomic E-state index is 12.2. The lowest BCUT2D eigenvalue weighted by Crippen LogP contribution is -2.04. The molecule has 3 heteroatoms.